The Morgan fingerprint density at radius 3 is 1.09 bits per heavy atom. The Bertz CT molecular complexity index is 7090. The number of rotatable bonds is 33. The number of hydrogen-bond donors (Lipinski definition) is 8. The summed E-state index contributed by atoms with van der Waals surface area (Å²) < 4.78 is 0. The van der Waals surface area contributed by atoms with Crippen molar-refractivity contribution in [3.8, 4) is 44.5 Å². The number of aliphatic hydroxyl groups is 1. The van der Waals surface area contributed by atoms with Crippen LogP contribution in [0, 0.1) is 39.5 Å². The molecule has 8 N–H and O–H groups in total. The summed E-state index contributed by atoms with van der Waals surface area (Å²) in [6.45, 7) is 46.4. The summed E-state index contributed by atoms with van der Waals surface area (Å²) in [5.41, 5.74) is 30.2. The summed E-state index contributed by atoms with van der Waals surface area (Å²) >= 11 is 0. The van der Waals surface area contributed by atoms with Gasteiger partial charge in [-0.05, 0) is 260 Å². The first-order valence-electron chi connectivity index (χ1n) is 50.5. The Kier molecular flexibility index (Phi) is 38.5. The molecular formula is C132H142N4O12. The van der Waals surface area contributed by atoms with E-state index in [1.807, 2.05) is 85.8 Å². The quantitative estimate of drug-likeness (QED) is 0.0140. The van der Waals surface area contributed by atoms with Gasteiger partial charge in [0.25, 0.3) is 0 Å². The maximum atomic E-state index is 13.6. The van der Waals surface area contributed by atoms with Crippen LogP contribution in [-0.4, -0.2) is 93.4 Å². The van der Waals surface area contributed by atoms with E-state index in [9.17, 15) is 38.7 Å². The third-order valence-corrected chi connectivity index (χ3v) is 25.5. The molecule has 0 aliphatic heterocycles. The van der Waals surface area contributed by atoms with Crippen LogP contribution in [0.5, 0.6) is 0 Å². The Morgan fingerprint density at radius 1 is 0.338 bits per heavy atom. The van der Waals surface area contributed by atoms with Crippen LogP contribution in [0.2, 0.25) is 0 Å². The zero-order valence-electron chi connectivity index (χ0n) is 89.3. The van der Waals surface area contributed by atoms with Crippen molar-refractivity contribution in [3.63, 3.8) is 0 Å². The van der Waals surface area contributed by atoms with Gasteiger partial charge in [-0.3, -0.25) is 14.4 Å². The molecule has 16 heteroatoms. The lowest BCUT2D eigenvalue weighted by Gasteiger charge is -2.33. The van der Waals surface area contributed by atoms with Gasteiger partial charge in [0.2, 0.25) is 0 Å². The molecule has 1 atom stereocenters. The number of nitrogens with zero attached hydrogens (tertiary/aromatic N) is 1. The summed E-state index contributed by atoms with van der Waals surface area (Å²) in [5, 5.41) is 58.8. The number of carboxylic acid groups (broad SMARTS) is 4. The number of aromatic carboxylic acids is 4. The predicted octanol–water partition coefficient (Wildman–Crippen LogP) is 31.5. The van der Waals surface area contributed by atoms with Gasteiger partial charge in [0, 0.05) is 94.9 Å². The molecule has 14 rings (SSSR count). The van der Waals surface area contributed by atoms with E-state index in [2.05, 4.69) is 293 Å². The molecule has 14 aromatic rings. The van der Waals surface area contributed by atoms with Crippen LogP contribution >= 0.6 is 0 Å². The third kappa shape index (κ3) is 31.6. The third-order valence-electron chi connectivity index (χ3n) is 25.5. The van der Waals surface area contributed by atoms with Crippen LogP contribution in [0.15, 0.2) is 328 Å². The molecule has 0 radical (unpaired) electrons. The highest BCUT2D eigenvalue weighted by atomic mass is 16.4. The van der Waals surface area contributed by atoms with Crippen LogP contribution in [0.25, 0.3) is 68.8 Å². The standard InChI is InChI=1S/C35H35NO3.C34H35NO3.C32H37NO3.C31H35NO3/c1-24-29(31(37)20-17-26-15-18-28(19-16-26)34(38)39)23-30(27-13-9-6-10-14-27)33(32(24)35(2,3)4)36-22-21-25-11-7-5-8-12-25;1-23-10-15-26(16-11-23)29-20-28(31(36)19-14-24-12-17-27(18-13-24)33(37)38)21-30(34(2,3)4)32(29)35-22-25-8-6-5-7-9-25;1-21(2)20-33(7)30-27(24-13-8-22(3)9-14-24)18-26(19-28(30)32(4,5)6)29(34)17-12-23-10-15-25(16-11-23)31(35)36;1-20(2)19-32-29-26(23-12-7-21(3)8-13-23)17-25(18-27(29)31(4,5)6)28(33)16-11-22-9-14-24(15-10-22)30(34)35/h5-20,23,36H,21-22H2,1-4H3,(H,38,39);5-21,31,35-36H,22H2,1-4H3,(H,37,38);8-19,21H,20H2,1-7H3,(H,35,36);7-18,20,32H,19H2,1-6H3,(H,34,35). The highest BCUT2D eigenvalue weighted by molar-refractivity contribution is 6.11. The molecule has 0 aliphatic rings. The molecule has 0 aliphatic carbocycles. The van der Waals surface area contributed by atoms with E-state index >= 15 is 0 Å². The topological polar surface area (TPSA) is 260 Å². The van der Waals surface area contributed by atoms with E-state index < -0.39 is 30.0 Å². The number of hydrogen-bond acceptors (Lipinski definition) is 12. The fraction of sp³-hybridized carbons (Fsp3) is 0.250. The number of carbonyl (C=O) groups excluding carboxylic acids is 3. The van der Waals surface area contributed by atoms with E-state index in [-0.39, 0.29) is 61.3 Å². The summed E-state index contributed by atoms with van der Waals surface area (Å²) in [7, 11) is 2.13. The van der Waals surface area contributed by atoms with Crippen LogP contribution in [0.3, 0.4) is 0 Å². The molecule has 0 fully saturated rings. The smallest absolute Gasteiger partial charge is 0.335 e. The zero-order chi connectivity index (χ0) is 108. The maximum absolute atomic E-state index is 13.6. The number of benzene rings is 14. The van der Waals surface area contributed by atoms with Crippen molar-refractivity contribution in [1.82, 2.24) is 0 Å². The zero-order valence-corrected chi connectivity index (χ0v) is 89.3. The number of carbonyl (C=O) groups is 7. The van der Waals surface area contributed by atoms with Crippen molar-refractivity contribution < 1.29 is 59.1 Å². The summed E-state index contributed by atoms with van der Waals surface area (Å²) in [6.07, 6.45) is 13.5. The number of allylic oxidation sites excluding steroid dienone is 3. The minimum Gasteiger partial charge on any atom is -0.478 e. The first-order chi connectivity index (χ1) is 70.1. The van der Waals surface area contributed by atoms with Crippen LogP contribution < -0.4 is 20.9 Å². The van der Waals surface area contributed by atoms with Crippen LogP contribution in [0.4, 0.5) is 22.7 Å². The van der Waals surface area contributed by atoms with Gasteiger partial charge in [0.15, 0.2) is 17.3 Å². The molecule has 0 spiro atoms. The average Bonchev–Trinajstić information content (AvgIpc) is 0.772. The minimum absolute atomic E-state index is 0.0887. The van der Waals surface area contributed by atoms with Crippen molar-refractivity contribution in [2.24, 2.45) is 11.8 Å². The van der Waals surface area contributed by atoms with Crippen LogP contribution in [-0.2, 0) is 34.6 Å². The first-order valence-corrected chi connectivity index (χ1v) is 50.5. The lowest BCUT2D eigenvalue weighted by molar-refractivity contribution is 0.0686. The van der Waals surface area contributed by atoms with E-state index in [0.29, 0.717) is 35.1 Å². The lowest BCUT2D eigenvalue weighted by Crippen LogP contribution is -2.27. The Labute approximate surface area is 874 Å². The van der Waals surface area contributed by atoms with Gasteiger partial charge < -0.3 is 46.4 Å². The highest BCUT2D eigenvalue weighted by Crippen LogP contribution is 2.47. The fourth-order valence-electron chi connectivity index (χ4n) is 17.6. The van der Waals surface area contributed by atoms with E-state index in [4.69, 9.17) is 20.4 Å². The first kappa shape index (κ1) is 112. The molecule has 762 valence electrons. The second-order valence-electron chi connectivity index (χ2n) is 42.8. The van der Waals surface area contributed by atoms with Gasteiger partial charge in [-0.25, -0.2) is 19.2 Å². The van der Waals surface area contributed by atoms with E-state index in [1.165, 1.54) is 39.9 Å². The largest absolute Gasteiger partial charge is 0.478 e. The number of carboxylic acids is 4. The summed E-state index contributed by atoms with van der Waals surface area (Å²) in [6, 6.07) is 96.5. The van der Waals surface area contributed by atoms with Gasteiger partial charge in [-0.1, -0.05) is 376 Å². The number of anilines is 4. The van der Waals surface area contributed by atoms with Gasteiger partial charge >= 0.3 is 23.9 Å². The van der Waals surface area contributed by atoms with Crippen molar-refractivity contribution in [2.75, 3.05) is 47.5 Å². The van der Waals surface area contributed by atoms with Gasteiger partial charge in [0.1, 0.15) is 0 Å². The molecule has 1 unspecified atom stereocenters. The molecular weight excluding hydrogens is 1830 g/mol. The summed E-state index contributed by atoms with van der Waals surface area (Å²) in [4.78, 5) is 87.0. The number of aryl methyl sites for hydroxylation is 3. The molecule has 0 heterocycles. The fourth-order valence-corrected chi connectivity index (χ4v) is 17.6. The second-order valence-corrected chi connectivity index (χ2v) is 42.8. The Balaban J connectivity index is 0.000000188. The second kappa shape index (κ2) is 50.7. The van der Waals surface area contributed by atoms with Crippen molar-refractivity contribution >= 4 is 88.3 Å². The molecule has 16 nitrogen and oxygen atoms in total. The molecule has 0 saturated heterocycles. The van der Waals surface area contributed by atoms with Crippen molar-refractivity contribution in [3.05, 3.63) is 450 Å². The molecule has 148 heavy (non-hydrogen) atoms. The maximum Gasteiger partial charge on any atom is 0.335 e. The Morgan fingerprint density at radius 2 is 0.689 bits per heavy atom. The SMILES string of the molecule is Cc1c(C(=O)C=Cc2ccc(C(=O)O)cc2)cc(-c2ccccc2)c(NCCc2ccccc2)c1C(C)(C)C.Cc1ccc(-c2cc(C(=O)C=Cc3ccc(C(=O)O)cc3)cc(C(C)(C)C)c2N(C)CC(C)C)cc1.Cc1ccc(-c2cc(C(=O)C=Cc3ccc(C(=O)O)cc3)cc(C(C)(C)C)c2NCC(C)C)cc1.Cc1ccc(-c2cc(C(O)C=Cc3ccc(C(=O)O)cc3)cc(C(C)(C)C)c2NCc2ccccc2)cc1. The minimum atomic E-state index is -0.974. The molecule has 0 saturated carbocycles. The average molecular weight is 1980 g/mol. The Hall–Kier alpha value is -15.9. The number of nitrogens with one attached hydrogen (secondary N) is 3. The molecule has 0 bridgehead atoms. The van der Waals surface area contributed by atoms with Gasteiger partial charge in [-0.2, -0.15) is 0 Å². The van der Waals surface area contributed by atoms with E-state index in [0.717, 1.165) is 149 Å². The van der Waals surface area contributed by atoms with Gasteiger partial charge in [-0.15, -0.1) is 0 Å². The number of ketones is 3. The van der Waals surface area contributed by atoms with E-state index in [1.54, 1.807) is 127 Å². The van der Waals surface area contributed by atoms with Crippen LogP contribution in [0.1, 0.15) is 273 Å². The highest BCUT2D eigenvalue weighted by Gasteiger charge is 2.32. The molecule has 0 amide bonds. The van der Waals surface area contributed by atoms with Crippen molar-refractivity contribution in [1.29, 1.82) is 0 Å². The normalized spacial score (nSPS) is 11.9. The lowest BCUT2D eigenvalue weighted by atomic mass is 9.78. The monoisotopic (exact) mass is 1980 g/mol. The molecule has 0 aromatic heterocycles. The van der Waals surface area contributed by atoms with Gasteiger partial charge in [0.05, 0.1) is 28.4 Å². The molecule has 14 aromatic carbocycles. The van der Waals surface area contributed by atoms with Crippen molar-refractivity contribution in [2.45, 2.75) is 179 Å². The number of aliphatic hydroxyl groups excluding tert-OH is 1. The summed E-state index contributed by atoms with van der Waals surface area (Å²) in [5.74, 6) is -3.18. The predicted molar refractivity (Wildman–Crippen MR) is 613 cm³/mol.